The van der Waals surface area contributed by atoms with Crippen molar-refractivity contribution in [2.24, 2.45) is 0 Å². The minimum Gasteiger partial charge on any atom is -0.389 e. The third-order valence-electron chi connectivity index (χ3n) is 3.18. The molecule has 0 amide bonds. The Labute approximate surface area is 122 Å². The molecule has 1 unspecified atom stereocenters. The first-order valence-corrected chi connectivity index (χ1v) is 7.10. The summed E-state index contributed by atoms with van der Waals surface area (Å²) in [6.45, 7) is 2.62. The highest BCUT2D eigenvalue weighted by atomic mass is 79.9. The molecule has 0 fully saturated rings. The number of hydrogen-bond donors (Lipinski definition) is 1. The van der Waals surface area contributed by atoms with Crippen molar-refractivity contribution >= 4 is 21.6 Å². The summed E-state index contributed by atoms with van der Waals surface area (Å²) in [4.78, 5) is 2.19. The maximum Gasteiger partial charge on any atom is 0.0761 e. The SMILES string of the molecule is CC(O)c1ccc(N(C)Cc2ccccc2Br)cc1. The van der Waals surface area contributed by atoms with E-state index in [4.69, 9.17) is 0 Å². The fourth-order valence-electron chi connectivity index (χ4n) is 1.98. The van der Waals surface area contributed by atoms with Crippen LogP contribution in [0, 0.1) is 0 Å². The number of aliphatic hydroxyl groups excluding tert-OH is 1. The maximum atomic E-state index is 9.50. The van der Waals surface area contributed by atoms with Gasteiger partial charge in [0.2, 0.25) is 0 Å². The van der Waals surface area contributed by atoms with Crippen molar-refractivity contribution in [2.45, 2.75) is 19.6 Å². The summed E-state index contributed by atoms with van der Waals surface area (Å²) in [5.74, 6) is 0. The molecule has 19 heavy (non-hydrogen) atoms. The first-order chi connectivity index (χ1) is 9.08. The van der Waals surface area contributed by atoms with Gasteiger partial charge in [0.15, 0.2) is 0 Å². The van der Waals surface area contributed by atoms with Gasteiger partial charge in [0, 0.05) is 23.8 Å². The van der Waals surface area contributed by atoms with E-state index >= 15 is 0 Å². The molecule has 2 rings (SSSR count). The number of hydrogen-bond acceptors (Lipinski definition) is 2. The molecule has 2 aromatic rings. The molecular formula is C16H18BrNO. The summed E-state index contributed by atoms with van der Waals surface area (Å²) >= 11 is 3.57. The Morgan fingerprint density at radius 2 is 1.74 bits per heavy atom. The van der Waals surface area contributed by atoms with E-state index in [2.05, 4.69) is 40.0 Å². The molecular weight excluding hydrogens is 302 g/mol. The molecule has 2 nitrogen and oxygen atoms in total. The Hall–Kier alpha value is -1.32. The Kier molecular flexibility index (Phi) is 4.61. The first kappa shape index (κ1) is 14.1. The molecule has 0 saturated carbocycles. The van der Waals surface area contributed by atoms with Crippen LogP contribution in [0.5, 0.6) is 0 Å². The normalized spacial score (nSPS) is 12.2. The summed E-state index contributed by atoms with van der Waals surface area (Å²) in [6, 6.07) is 16.3. The lowest BCUT2D eigenvalue weighted by Crippen LogP contribution is -2.16. The van der Waals surface area contributed by atoms with E-state index in [1.807, 2.05) is 36.4 Å². The van der Waals surface area contributed by atoms with Crippen LogP contribution >= 0.6 is 15.9 Å². The van der Waals surface area contributed by atoms with E-state index < -0.39 is 6.10 Å². The lowest BCUT2D eigenvalue weighted by Gasteiger charge is -2.20. The summed E-state index contributed by atoms with van der Waals surface area (Å²) < 4.78 is 1.13. The van der Waals surface area contributed by atoms with Crippen LogP contribution in [-0.4, -0.2) is 12.2 Å². The van der Waals surface area contributed by atoms with Gasteiger partial charge in [-0.15, -0.1) is 0 Å². The van der Waals surface area contributed by atoms with Crippen LogP contribution in [0.4, 0.5) is 5.69 Å². The molecule has 0 heterocycles. The van der Waals surface area contributed by atoms with Crippen molar-refractivity contribution in [1.29, 1.82) is 0 Å². The molecule has 0 spiro atoms. The van der Waals surface area contributed by atoms with Crippen LogP contribution in [0.2, 0.25) is 0 Å². The molecule has 3 heteroatoms. The van der Waals surface area contributed by atoms with Gasteiger partial charge < -0.3 is 10.0 Å². The van der Waals surface area contributed by atoms with Crippen molar-refractivity contribution < 1.29 is 5.11 Å². The van der Waals surface area contributed by atoms with Crippen LogP contribution < -0.4 is 4.90 Å². The topological polar surface area (TPSA) is 23.5 Å². The van der Waals surface area contributed by atoms with Crippen LogP contribution in [0.3, 0.4) is 0 Å². The maximum absolute atomic E-state index is 9.50. The number of aliphatic hydroxyl groups is 1. The minimum atomic E-state index is -0.414. The van der Waals surface area contributed by atoms with E-state index in [1.54, 1.807) is 6.92 Å². The Bertz CT molecular complexity index is 537. The highest BCUT2D eigenvalue weighted by Gasteiger charge is 2.06. The standard InChI is InChI=1S/C16H18BrNO/c1-12(19)13-7-9-15(10-8-13)18(2)11-14-5-3-4-6-16(14)17/h3-10,12,19H,11H2,1-2H3. The average Bonchev–Trinajstić information content (AvgIpc) is 2.41. The van der Waals surface area contributed by atoms with Gasteiger partial charge in [-0.1, -0.05) is 46.3 Å². The second kappa shape index (κ2) is 6.22. The van der Waals surface area contributed by atoms with Crippen molar-refractivity contribution in [1.82, 2.24) is 0 Å². The number of rotatable bonds is 4. The van der Waals surface area contributed by atoms with Crippen molar-refractivity contribution in [3.63, 3.8) is 0 Å². The third-order valence-corrected chi connectivity index (χ3v) is 3.96. The Balaban J connectivity index is 2.12. The van der Waals surface area contributed by atoms with Crippen molar-refractivity contribution in [2.75, 3.05) is 11.9 Å². The lowest BCUT2D eigenvalue weighted by molar-refractivity contribution is 0.199. The zero-order chi connectivity index (χ0) is 13.8. The molecule has 1 N–H and O–H groups in total. The number of nitrogens with zero attached hydrogens (tertiary/aromatic N) is 1. The van der Waals surface area contributed by atoms with Gasteiger partial charge in [0.25, 0.3) is 0 Å². The van der Waals surface area contributed by atoms with Gasteiger partial charge in [0.1, 0.15) is 0 Å². The molecule has 0 radical (unpaired) electrons. The van der Waals surface area contributed by atoms with E-state index in [0.29, 0.717) is 0 Å². The van der Waals surface area contributed by atoms with Crippen LogP contribution in [-0.2, 0) is 6.54 Å². The van der Waals surface area contributed by atoms with Gasteiger partial charge in [-0.3, -0.25) is 0 Å². The number of halogens is 1. The molecule has 0 aliphatic heterocycles. The van der Waals surface area contributed by atoms with Gasteiger partial charge in [-0.05, 0) is 36.2 Å². The first-order valence-electron chi connectivity index (χ1n) is 6.30. The molecule has 2 aromatic carbocycles. The molecule has 0 aromatic heterocycles. The van der Waals surface area contributed by atoms with Crippen LogP contribution in [0.15, 0.2) is 53.0 Å². The Morgan fingerprint density at radius 3 is 2.32 bits per heavy atom. The zero-order valence-electron chi connectivity index (χ0n) is 11.2. The van der Waals surface area contributed by atoms with Gasteiger partial charge >= 0.3 is 0 Å². The average molecular weight is 320 g/mol. The fourth-order valence-corrected chi connectivity index (χ4v) is 2.39. The summed E-state index contributed by atoms with van der Waals surface area (Å²) in [5.41, 5.74) is 3.34. The highest BCUT2D eigenvalue weighted by molar-refractivity contribution is 9.10. The monoisotopic (exact) mass is 319 g/mol. The minimum absolute atomic E-state index is 0.414. The molecule has 100 valence electrons. The highest BCUT2D eigenvalue weighted by Crippen LogP contribution is 2.22. The fraction of sp³-hybridized carbons (Fsp3) is 0.250. The van der Waals surface area contributed by atoms with E-state index in [1.165, 1.54) is 5.56 Å². The van der Waals surface area contributed by atoms with Crippen LogP contribution in [0.1, 0.15) is 24.2 Å². The molecule has 1 atom stereocenters. The molecule has 0 aliphatic carbocycles. The largest absolute Gasteiger partial charge is 0.389 e. The van der Waals surface area contributed by atoms with Gasteiger partial charge in [0.05, 0.1) is 6.10 Å². The van der Waals surface area contributed by atoms with Crippen molar-refractivity contribution in [3.8, 4) is 0 Å². The third kappa shape index (κ3) is 3.58. The van der Waals surface area contributed by atoms with Gasteiger partial charge in [-0.2, -0.15) is 0 Å². The summed E-state index contributed by atoms with van der Waals surface area (Å²) in [7, 11) is 2.07. The summed E-state index contributed by atoms with van der Waals surface area (Å²) in [5, 5.41) is 9.50. The van der Waals surface area contributed by atoms with E-state index in [0.717, 1.165) is 22.3 Å². The number of anilines is 1. The quantitative estimate of drug-likeness (QED) is 0.915. The molecule has 0 aliphatic rings. The van der Waals surface area contributed by atoms with E-state index in [9.17, 15) is 5.11 Å². The summed E-state index contributed by atoms with van der Waals surface area (Å²) in [6.07, 6.45) is -0.414. The molecule has 0 bridgehead atoms. The van der Waals surface area contributed by atoms with Gasteiger partial charge in [-0.25, -0.2) is 0 Å². The lowest BCUT2D eigenvalue weighted by atomic mass is 10.1. The predicted octanol–water partition coefficient (Wildman–Crippen LogP) is 4.14. The number of benzene rings is 2. The zero-order valence-corrected chi connectivity index (χ0v) is 12.8. The molecule has 0 saturated heterocycles. The van der Waals surface area contributed by atoms with Crippen LogP contribution in [0.25, 0.3) is 0 Å². The predicted molar refractivity (Wildman–Crippen MR) is 83.3 cm³/mol. The van der Waals surface area contributed by atoms with E-state index in [-0.39, 0.29) is 0 Å². The second-order valence-corrected chi connectivity index (χ2v) is 5.57. The Morgan fingerprint density at radius 1 is 1.11 bits per heavy atom. The van der Waals surface area contributed by atoms with Crippen molar-refractivity contribution in [3.05, 3.63) is 64.1 Å². The smallest absolute Gasteiger partial charge is 0.0761 e. The second-order valence-electron chi connectivity index (χ2n) is 4.71.